The van der Waals surface area contributed by atoms with Crippen LogP contribution in [0.1, 0.15) is 12.0 Å². The predicted octanol–water partition coefficient (Wildman–Crippen LogP) is 2.98. The number of carbonyl (C=O) groups is 1. The van der Waals surface area contributed by atoms with Gasteiger partial charge in [0.1, 0.15) is 5.75 Å². The van der Waals surface area contributed by atoms with Gasteiger partial charge in [-0.15, -0.1) is 0 Å². The van der Waals surface area contributed by atoms with E-state index >= 15 is 0 Å². The summed E-state index contributed by atoms with van der Waals surface area (Å²) in [6.07, 6.45) is 0.294. The molecule has 0 saturated heterocycles. The van der Waals surface area contributed by atoms with Crippen molar-refractivity contribution < 1.29 is 9.53 Å². The number of rotatable bonds is 5. The van der Waals surface area contributed by atoms with Crippen LogP contribution in [0.3, 0.4) is 0 Å². The van der Waals surface area contributed by atoms with Gasteiger partial charge in [0.05, 0.1) is 13.0 Å². The van der Waals surface area contributed by atoms with E-state index in [4.69, 9.17) is 10.5 Å². The number of carbonyl (C=O) groups excluding carboxylic acids is 1. The molecule has 20 heavy (non-hydrogen) atoms. The van der Waals surface area contributed by atoms with Crippen molar-refractivity contribution in [2.45, 2.75) is 13.3 Å². The van der Waals surface area contributed by atoms with E-state index in [-0.39, 0.29) is 5.91 Å². The summed E-state index contributed by atoms with van der Waals surface area (Å²) in [5.41, 5.74) is 8.10. The van der Waals surface area contributed by atoms with Crippen molar-refractivity contribution in [1.29, 1.82) is 0 Å². The van der Waals surface area contributed by atoms with Crippen molar-refractivity contribution in [3.63, 3.8) is 0 Å². The average Bonchev–Trinajstić information content (AvgIpc) is 2.38. The second-order valence-electron chi connectivity index (χ2n) is 4.59. The number of hydrogen-bond acceptors (Lipinski definition) is 3. The van der Waals surface area contributed by atoms with Gasteiger partial charge in [0.25, 0.3) is 0 Å². The lowest BCUT2D eigenvalue weighted by Crippen LogP contribution is -2.15. The summed E-state index contributed by atoms with van der Waals surface area (Å²) in [6, 6.07) is 14.8. The van der Waals surface area contributed by atoms with Crippen LogP contribution < -0.4 is 15.8 Å². The van der Waals surface area contributed by atoms with E-state index in [1.807, 2.05) is 31.2 Å². The maximum absolute atomic E-state index is 11.7. The zero-order chi connectivity index (χ0) is 14.4. The number of nitrogens with one attached hydrogen (secondary N) is 1. The van der Waals surface area contributed by atoms with Crippen molar-refractivity contribution in [3.8, 4) is 5.75 Å². The highest BCUT2D eigenvalue weighted by atomic mass is 16.5. The molecule has 3 N–H and O–H groups in total. The molecule has 0 unspecified atom stereocenters. The van der Waals surface area contributed by atoms with Crippen LogP contribution >= 0.6 is 0 Å². The first kappa shape index (κ1) is 13.9. The fourth-order valence-electron chi connectivity index (χ4n) is 1.81. The highest BCUT2D eigenvalue weighted by Gasteiger charge is 2.03. The lowest BCUT2D eigenvalue weighted by atomic mass is 10.2. The number of ether oxygens (including phenoxy) is 1. The number of nitrogens with two attached hydrogens (primary N) is 1. The first-order valence-corrected chi connectivity index (χ1v) is 6.48. The Balaban J connectivity index is 1.78. The summed E-state index contributed by atoms with van der Waals surface area (Å²) in [7, 11) is 0. The standard InChI is InChI=1S/C16H18N2O2/c1-12-4-2-7-15(10-12)20-9-8-16(19)18-14-6-3-5-13(17)11-14/h2-7,10-11H,8-9,17H2,1H3,(H,18,19). The molecule has 0 bridgehead atoms. The van der Waals surface area contributed by atoms with Crippen molar-refractivity contribution in [1.82, 2.24) is 0 Å². The number of hydrogen-bond donors (Lipinski definition) is 2. The molecule has 0 radical (unpaired) electrons. The summed E-state index contributed by atoms with van der Waals surface area (Å²) >= 11 is 0. The average molecular weight is 270 g/mol. The van der Waals surface area contributed by atoms with E-state index in [1.165, 1.54) is 0 Å². The predicted molar refractivity (Wildman–Crippen MR) is 80.8 cm³/mol. The third-order valence-corrected chi connectivity index (χ3v) is 2.76. The molecule has 104 valence electrons. The zero-order valence-electron chi connectivity index (χ0n) is 11.4. The van der Waals surface area contributed by atoms with Crippen LogP contribution in [0.15, 0.2) is 48.5 Å². The van der Waals surface area contributed by atoms with E-state index < -0.39 is 0 Å². The first-order valence-electron chi connectivity index (χ1n) is 6.48. The van der Waals surface area contributed by atoms with E-state index in [2.05, 4.69) is 5.32 Å². The number of benzene rings is 2. The fourth-order valence-corrected chi connectivity index (χ4v) is 1.81. The van der Waals surface area contributed by atoms with Gasteiger partial charge in [-0.3, -0.25) is 4.79 Å². The first-order chi connectivity index (χ1) is 9.63. The van der Waals surface area contributed by atoms with Crippen LogP contribution in [-0.2, 0) is 4.79 Å². The molecule has 0 aliphatic carbocycles. The SMILES string of the molecule is Cc1cccc(OCCC(=O)Nc2cccc(N)c2)c1. The monoisotopic (exact) mass is 270 g/mol. The minimum Gasteiger partial charge on any atom is -0.493 e. The molecule has 0 aliphatic heterocycles. The Hall–Kier alpha value is -2.49. The van der Waals surface area contributed by atoms with Gasteiger partial charge in [-0.05, 0) is 42.8 Å². The van der Waals surface area contributed by atoms with Crippen molar-refractivity contribution in [3.05, 3.63) is 54.1 Å². The minimum absolute atomic E-state index is 0.0942. The Morgan fingerprint density at radius 3 is 2.75 bits per heavy atom. The third kappa shape index (κ3) is 4.31. The highest BCUT2D eigenvalue weighted by molar-refractivity contribution is 5.91. The molecule has 2 rings (SSSR count). The van der Waals surface area contributed by atoms with Crippen LogP contribution in [0.5, 0.6) is 5.75 Å². The molecule has 2 aromatic rings. The smallest absolute Gasteiger partial charge is 0.227 e. The summed E-state index contributed by atoms with van der Waals surface area (Å²) < 4.78 is 5.53. The maximum Gasteiger partial charge on any atom is 0.227 e. The minimum atomic E-state index is -0.0942. The highest BCUT2D eigenvalue weighted by Crippen LogP contribution is 2.14. The molecular formula is C16H18N2O2. The van der Waals surface area contributed by atoms with E-state index in [0.29, 0.717) is 24.4 Å². The molecule has 4 nitrogen and oxygen atoms in total. The summed E-state index contributed by atoms with van der Waals surface area (Å²) in [5.74, 6) is 0.685. The Morgan fingerprint density at radius 1 is 1.20 bits per heavy atom. The van der Waals surface area contributed by atoms with Gasteiger partial charge in [0.2, 0.25) is 5.91 Å². The van der Waals surface area contributed by atoms with Gasteiger partial charge >= 0.3 is 0 Å². The molecular weight excluding hydrogens is 252 g/mol. The molecule has 0 fully saturated rings. The molecule has 0 atom stereocenters. The molecule has 0 saturated carbocycles. The van der Waals surface area contributed by atoms with Gasteiger partial charge in [-0.2, -0.15) is 0 Å². The van der Waals surface area contributed by atoms with Crippen LogP contribution in [0.25, 0.3) is 0 Å². The Bertz CT molecular complexity index is 597. The number of nitrogen functional groups attached to an aromatic ring is 1. The summed E-state index contributed by atoms with van der Waals surface area (Å²) in [6.45, 7) is 2.34. The van der Waals surface area contributed by atoms with Gasteiger partial charge in [-0.1, -0.05) is 18.2 Å². The Kier molecular flexibility index (Phi) is 4.60. The van der Waals surface area contributed by atoms with Gasteiger partial charge in [-0.25, -0.2) is 0 Å². The lowest BCUT2D eigenvalue weighted by molar-refractivity contribution is -0.116. The van der Waals surface area contributed by atoms with E-state index in [1.54, 1.807) is 24.3 Å². The van der Waals surface area contributed by atoms with Gasteiger partial charge in [0, 0.05) is 11.4 Å². The summed E-state index contributed by atoms with van der Waals surface area (Å²) in [4.78, 5) is 11.7. The number of aryl methyl sites for hydroxylation is 1. The largest absolute Gasteiger partial charge is 0.493 e. The van der Waals surface area contributed by atoms with Crippen LogP contribution in [0.2, 0.25) is 0 Å². The molecule has 2 aromatic carbocycles. The zero-order valence-corrected chi connectivity index (χ0v) is 11.4. The van der Waals surface area contributed by atoms with Crippen molar-refractivity contribution in [2.75, 3.05) is 17.7 Å². The molecule has 0 aromatic heterocycles. The second kappa shape index (κ2) is 6.61. The molecule has 0 aliphatic rings. The summed E-state index contributed by atoms with van der Waals surface area (Å²) in [5, 5.41) is 2.78. The van der Waals surface area contributed by atoms with Gasteiger partial charge in [0.15, 0.2) is 0 Å². The second-order valence-corrected chi connectivity index (χ2v) is 4.59. The lowest BCUT2D eigenvalue weighted by Gasteiger charge is -2.08. The van der Waals surface area contributed by atoms with E-state index in [9.17, 15) is 4.79 Å². The van der Waals surface area contributed by atoms with Crippen molar-refractivity contribution in [2.24, 2.45) is 0 Å². The molecule has 0 heterocycles. The Morgan fingerprint density at radius 2 is 2.00 bits per heavy atom. The molecule has 1 amide bonds. The van der Waals surface area contributed by atoms with Crippen LogP contribution in [0, 0.1) is 6.92 Å². The quantitative estimate of drug-likeness (QED) is 0.821. The van der Waals surface area contributed by atoms with Gasteiger partial charge < -0.3 is 15.8 Å². The van der Waals surface area contributed by atoms with Crippen LogP contribution in [0.4, 0.5) is 11.4 Å². The fraction of sp³-hybridized carbons (Fsp3) is 0.188. The Labute approximate surface area is 118 Å². The topological polar surface area (TPSA) is 64.3 Å². The molecule has 4 heteroatoms. The third-order valence-electron chi connectivity index (χ3n) is 2.76. The van der Waals surface area contributed by atoms with Crippen molar-refractivity contribution >= 4 is 17.3 Å². The number of amides is 1. The number of anilines is 2. The van der Waals surface area contributed by atoms with E-state index in [0.717, 1.165) is 11.3 Å². The van der Waals surface area contributed by atoms with Crippen LogP contribution in [-0.4, -0.2) is 12.5 Å². The maximum atomic E-state index is 11.7. The molecule has 0 spiro atoms. The normalized spacial score (nSPS) is 10.1.